The normalized spacial score (nSPS) is 21.7. The van der Waals surface area contributed by atoms with Crippen LogP contribution in [0.2, 0.25) is 0 Å². The molecule has 0 bridgehead atoms. The molecule has 0 aromatic heterocycles. The summed E-state index contributed by atoms with van der Waals surface area (Å²) in [6.45, 7) is 7.02. The lowest BCUT2D eigenvalue weighted by atomic mass is 9.89. The topological polar surface area (TPSA) is 59.6 Å². The molecule has 1 aliphatic heterocycles. The summed E-state index contributed by atoms with van der Waals surface area (Å²) in [5.74, 6) is 0.650. The van der Waals surface area contributed by atoms with Gasteiger partial charge in [0.2, 0.25) is 0 Å². The molecule has 128 valence electrons. The summed E-state index contributed by atoms with van der Waals surface area (Å²) in [4.78, 5) is 11.7. The Hall–Kier alpha value is -0.810. The predicted molar refractivity (Wildman–Crippen MR) is 87.0 cm³/mol. The molecule has 0 aromatic rings. The van der Waals surface area contributed by atoms with Gasteiger partial charge in [-0.1, -0.05) is 19.8 Å². The van der Waals surface area contributed by atoms with E-state index in [0.717, 1.165) is 52.2 Å². The van der Waals surface area contributed by atoms with Crippen LogP contribution in [-0.2, 0) is 9.47 Å². The molecule has 0 atom stereocenters. The van der Waals surface area contributed by atoms with Crippen molar-refractivity contribution in [2.75, 3.05) is 39.5 Å². The van der Waals surface area contributed by atoms with Gasteiger partial charge in [-0.05, 0) is 43.4 Å². The molecular formula is C17H32N2O3. The zero-order valence-electron chi connectivity index (χ0n) is 14.0. The fourth-order valence-electron chi connectivity index (χ4n) is 3.30. The highest BCUT2D eigenvalue weighted by Gasteiger charge is 2.28. The summed E-state index contributed by atoms with van der Waals surface area (Å²) < 4.78 is 11.0. The zero-order valence-corrected chi connectivity index (χ0v) is 14.0. The van der Waals surface area contributed by atoms with Crippen molar-refractivity contribution in [1.82, 2.24) is 10.6 Å². The van der Waals surface area contributed by atoms with Gasteiger partial charge < -0.3 is 20.1 Å². The fourth-order valence-corrected chi connectivity index (χ4v) is 3.30. The van der Waals surface area contributed by atoms with Crippen LogP contribution in [0.15, 0.2) is 0 Å². The van der Waals surface area contributed by atoms with Gasteiger partial charge in [0.05, 0.1) is 0 Å². The van der Waals surface area contributed by atoms with Crippen LogP contribution in [0.25, 0.3) is 0 Å². The highest BCUT2D eigenvalue weighted by molar-refractivity contribution is 5.73. The Morgan fingerprint density at radius 2 is 1.95 bits per heavy atom. The van der Waals surface area contributed by atoms with Gasteiger partial charge in [0.15, 0.2) is 0 Å². The van der Waals surface area contributed by atoms with E-state index in [0.29, 0.717) is 17.9 Å². The van der Waals surface area contributed by atoms with E-state index in [2.05, 4.69) is 17.6 Å². The molecule has 1 saturated heterocycles. The van der Waals surface area contributed by atoms with Gasteiger partial charge in [0.1, 0.15) is 0 Å². The summed E-state index contributed by atoms with van der Waals surface area (Å²) in [7, 11) is 0. The molecule has 1 heterocycles. The maximum Gasteiger partial charge on any atom is 0.314 e. The van der Waals surface area contributed by atoms with Crippen molar-refractivity contribution in [3.05, 3.63) is 0 Å². The Morgan fingerprint density at radius 3 is 2.68 bits per heavy atom. The Bertz CT molecular complexity index is 324. The number of hydrogen-bond donors (Lipinski definition) is 2. The third-order valence-corrected chi connectivity index (χ3v) is 4.93. The molecule has 2 aliphatic rings. The molecule has 1 aliphatic carbocycles. The van der Waals surface area contributed by atoms with Crippen LogP contribution in [0.5, 0.6) is 0 Å². The van der Waals surface area contributed by atoms with Crippen LogP contribution in [-0.4, -0.2) is 45.5 Å². The molecule has 2 N–H and O–H groups in total. The molecule has 0 unspecified atom stereocenters. The van der Waals surface area contributed by atoms with Crippen LogP contribution >= 0.6 is 0 Å². The SMILES string of the molecule is CC1(CNC(=O)NCCCOCC2CCOCC2)CCCC1. The minimum atomic E-state index is -0.0439. The number of nitrogens with one attached hydrogen (secondary N) is 2. The van der Waals surface area contributed by atoms with Gasteiger partial charge in [-0.25, -0.2) is 4.79 Å². The summed E-state index contributed by atoms with van der Waals surface area (Å²) in [6.07, 6.45) is 8.14. The Labute approximate surface area is 134 Å². The maximum absolute atomic E-state index is 11.7. The summed E-state index contributed by atoms with van der Waals surface area (Å²) in [5, 5.41) is 5.92. The van der Waals surface area contributed by atoms with Gasteiger partial charge in [-0.15, -0.1) is 0 Å². The van der Waals surface area contributed by atoms with Crippen LogP contribution in [0.4, 0.5) is 4.79 Å². The Kier molecular flexibility index (Phi) is 7.46. The Balaban J connectivity index is 1.42. The lowest BCUT2D eigenvalue weighted by Crippen LogP contribution is -2.41. The first-order valence-electron chi connectivity index (χ1n) is 8.85. The van der Waals surface area contributed by atoms with Crippen molar-refractivity contribution in [3.8, 4) is 0 Å². The quantitative estimate of drug-likeness (QED) is 0.678. The third kappa shape index (κ3) is 6.53. The zero-order chi connectivity index (χ0) is 15.7. The van der Waals surface area contributed by atoms with Crippen LogP contribution < -0.4 is 10.6 Å². The van der Waals surface area contributed by atoms with Crippen LogP contribution in [0, 0.1) is 11.3 Å². The molecule has 2 amide bonds. The molecule has 22 heavy (non-hydrogen) atoms. The number of amides is 2. The monoisotopic (exact) mass is 312 g/mol. The second kappa shape index (κ2) is 9.36. The lowest BCUT2D eigenvalue weighted by molar-refractivity contribution is 0.0203. The van der Waals surface area contributed by atoms with Crippen LogP contribution in [0.3, 0.4) is 0 Å². The fraction of sp³-hybridized carbons (Fsp3) is 0.941. The molecule has 1 saturated carbocycles. The first-order valence-corrected chi connectivity index (χ1v) is 8.85. The van der Waals surface area contributed by atoms with E-state index in [4.69, 9.17) is 9.47 Å². The van der Waals surface area contributed by atoms with E-state index in [9.17, 15) is 4.79 Å². The average Bonchev–Trinajstić information content (AvgIpc) is 2.97. The largest absolute Gasteiger partial charge is 0.381 e. The number of carbonyl (C=O) groups is 1. The maximum atomic E-state index is 11.7. The van der Waals surface area contributed by atoms with E-state index in [1.165, 1.54) is 25.7 Å². The number of ether oxygens (including phenoxy) is 2. The van der Waals surface area contributed by atoms with Crippen molar-refractivity contribution in [1.29, 1.82) is 0 Å². The highest BCUT2D eigenvalue weighted by Crippen LogP contribution is 2.36. The summed E-state index contributed by atoms with van der Waals surface area (Å²) >= 11 is 0. The minimum absolute atomic E-state index is 0.0439. The van der Waals surface area contributed by atoms with Gasteiger partial charge in [0, 0.05) is 39.5 Å². The van der Waals surface area contributed by atoms with E-state index in [1.807, 2.05) is 0 Å². The van der Waals surface area contributed by atoms with E-state index < -0.39 is 0 Å². The number of hydrogen-bond acceptors (Lipinski definition) is 3. The smallest absolute Gasteiger partial charge is 0.314 e. The molecular weight excluding hydrogens is 280 g/mol. The van der Waals surface area contributed by atoms with Gasteiger partial charge >= 0.3 is 6.03 Å². The highest BCUT2D eigenvalue weighted by atomic mass is 16.5. The van der Waals surface area contributed by atoms with E-state index in [1.54, 1.807) is 0 Å². The second-order valence-corrected chi connectivity index (χ2v) is 7.11. The van der Waals surface area contributed by atoms with Crippen molar-refractivity contribution in [3.63, 3.8) is 0 Å². The first-order chi connectivity index (χ1) is 10.7. The minimum Gasteiger partial charge on any atom is -0.381 e. The van der Waals surface area contributed by atoms with Gasteiger partial charge in [-0.2, -0.15) is 0 Å². The Morgan fingerprint density at radius 1 is 1.23 bits per heavy atom. The van der Waals surface area contributed by atoms with Crippen LogP contribution in [0.1, 0.15) is 51.9 Å². The van der Waals surface area contributed by atoms with Gasteiger partial charge in [0.25, 0.3) is 0 Å². The standard InChI is InChI=1S/C17H32N2O3/c1-17(7-2-3-8-17)14-19-16(20)18-9-4-10-22-13-15-5-11-21-12-6-15/h15H,2-14H2,1H3,(H2,18,19,20). The average molecular weight is 312 g/mol. The van der Waals surface area contributed by atoms with E-state index >= 15 is 0 Å². The molecule has 0 spiro atoms. The second-order valence-electron chi connectivity index (χ2n) is 7.11. The number of carbonyl (C=O) groups excluding carboxylic acids is 1. The summed E-state index contributed by atoms with van der Waals surface area (Å²) in [5.41, 5.74) is 0.310. The van der Waals surface area contributed by atoms with Gasteiger partial charge in [-0.3, -0.25) is 0 Å². The van der Waals surface area contributed by atoms with Crippen molar-refractivity contribution >= 4 is 6.03 Å². The van der Waals surface area contributed by atoms with Crippen molar-refractivity contribution < 1.29 is 14.3 Å². The van der Waals surface area contributed by atoms with Crippen molar-refractivity contribution in [2.45, 2.75) is 51.9 Å². The number of urea groups is 1. The molecule has 2 rings (SSSR count). The number of rotatable bonds is 8. The molecule has 2 fully saturated rings. The lowest BCUT2D eigenvalue weighted by Gasteiger charge is -2.23. The summed E-state index contributed by atoms with van der Waals surface area (Å²) in [6, 6.07) is -0.0439. The third-order valence-electron chi connectivity index (χ3n) is 4.93. The molecule has 5 heteroatoms. The molecule has 5 nitrogen and oxygen atoms in total. The predicted octanol–water partition coefficient (Wildman–Crippen LogP) is 2.70. The van der Waals surface area contributed by atoms with E-state index in [-0.39, 0.29) is 6.03 Å². The molecule has 0 radical (unpaired) electrons. The first kappa shape index (κ1) is 17.5. The van der Waals surface area contributed by atoms with Crippen molar-refractivity contribution in [2.24, 2.45) is 11.3 Å². The molecule has 0 aromatic carbocycles.